The van der Waals surface area contributed by atoms with Gasteiger partial charge in [-0.1, -0.05) is 43.5 Å². The molecule has 0 spiro atoms. The molecule has 0 heterocycles. The summed E-state index contributed by atoms with van der Waals surface area (Å²) in [6.45, 7) is 0.465. The van der Waals surface area contributed by atoms with Crippen LogP contribution in [0.1, 0.15) is 0 Å². The van der Waals surface area contributed by atoms with E-state index in [0.717, 1.165) is 5.33 Å². The number of hydrogen-bond donors (Lipinski definition) is 1. The summed E-state index contributed by atoms with van der Waals surface area (Å²) in [7, 11) is 0. The zero-order chi connectivity index (χ0) is 12.1. The highest BCUT2D eigenvalue weighted by atomic mass is 79.9. The van der Waals surface area contributed by atoms with Crippen molar-refractivity contribution in [2.24, 2.45) is 0 Å². The number of ether oxygens (including phenoxy) is 1. The summed E-state index contributed by atoms with van der Waals surface area (Å²) in [5.74, 6) is 0.501. The summed E-state index contributed by atoms with van der Waals surface area (Å²) in [5, 5.41) is 1.10. The number of benzene rings is 1. The third-order valence-electron chi connectivity index (χ3n) is 1.69. The topological polar surface area (TPSA) is 46.5 Å². The predicted molar refractivity (Wildman–Crippen MR) is 72.5 cm³/mol. The Morgan fingerprint density at radius 1 is 1.56 bits per heavy atom. The number of alkyl halides is 2. The van der Waals surface area contributed by atoms with Crippen LogP contribution in [0, 0.1) is 0 Å². The molecule has 3 nitrogen and oxygen atoms in total. The Morgan fingerprint density at radius 3 is 2.75 bits per heavy atom. The van der Waals surface area contributed by atoms with Gasteiger partial charge in [0.05, 0.1) is 14.7 Å². The van der Waals surface area contributed by atoms with Crippen LogP contribution in [0.2, 0.25) is 5.02 Å². The maximum absolute atomic E-state index is 10.8. The number of hydrogen-bond acceptors (Lipinski definition) is 2. The maximum Gasteiger partial charge on any atom is 0.186 e. The molecule has 0 aromatic heterocycles. The molecular formula is C9H9Br2ClO3S. The van der Waals surface area contributed by atoms with E-state index in [1.807, 2.05) is 0 Å². The lowest BCUT2D eigenvalue weighted by atomic mass is 10.3. The first-order valence-corrected chi connectivity index (χ1v) is 7.80. The fraction of sp³-hybridized carbons (Fsp3) is 0.333. The normalized spacial score (nSPS) is 14.5. The van der Waals surface area contributed by atoms with Crippen molar-refractivity contribution in [1.29, 1.82) is 0 Å². The van der Waals surface area contributed by atoms with Gasteiger partial charge < -0.3 is 9.29 Å². The van der Waals surface area contributed by atoms with Crippen LogP contribution in [-0.4, -0.2) is 25.5 Å². The van der Waals surface area contributed by atoms with Crippen molar-refractivity contribution in [2.45, 2.75) is 9.72 Å². The molecule has 2 unspecified atom stereocenters. The molecule has 0 radical (unpaired) electrons. The fourth-order valence-electron chi connectivity index (χ4n) is 0.932. The first-order valence-electron chi connectivity index (χ1n) is 4.28. The van der Waals surface area contributed by atoms with Crippen LogP contribution in [0.5, 0.6) is 5.75 Å². The largest absolute Gasteiger partial charge is 0.491 e. The molecule has 7 heteroatoms. The Hall–Kier alpha value is 0.380. The van der Waals surface area contributed by atoms with Gasteiger partial charge in [-0.05, 0) is 18.2 Å². The molecular weight excluding hydrogens is 383 g/mol. The Labute approximate surface area is 118 Å². The molecule has 0 saturated heterocycles. The van der Waals surface area contributed by atoms with E-state index in [-0.39, 0.29) is 9.72 Å². The molecule has 16 heavy (non-hydrogen) atoms. The van der Waals surface area contributed by atoms with Crippen LogP contribution >= 0.6 is 43.5 Å². The molecule has 2 atom stereocenters. The van der Waals surface area contributed by atoms with E-state index < -0.39 is 11.1 Å². The van der Waals surface area contributed by atoms with Gasteiger partial charge in [-0.2, -0.15) is 0 Å². The van der Waals surface area contributed by atoms with Crippen molar-refractivity contribution in [3.8, 4) is 5.75 Å². The molecule has 1 aromatic rings. The number of rotatable bonds is 5. The highest BCUT2D eigenvalue weighted by Gasteiger charge is 2.08. The lowest BCUT2D eigenvalue weighted by Crippen LogP contribution is -2.12. The Morgan fingerprint density at radius 2 is 2.25 bits per heavy atom. The SMILES string of the molecule is O=S(O)c1ccc(OCC(Br)CBr)c(Cl)c1. The van der Waals surface area contributed by atoms with Crippen molar-refractivity contribution in [1.82, 2.24) is 0 Å². The van der Waals surface area contributed by atoms with E-state index in [9.17, 15) is 4.21 Å². The highest BCUT2D eigenvalue weighted by molar-refractivity contribution is 9.12. The summed E-state index contributed by atoms with van der Waals surface area (Å²) in [5.41, 5.74) is 0. The first-order chi connectivity index (χ1) is 7.54. The van der Waals surface area contributed by atoms with Gasteiger partial charge in [0.15, 0.2) is 11.1 Å². The van der Waals surface area contributed by atoms with Crippen molar-refractivity contribution < 1.29 is 13.5 Å². The van der Waals surface area contributed by atoms with Crippen molar-refractivity contribution in [3.63, 3.8) is 0 Å². The fourth-order valence-corrected chi connectivity index (χ4v) is 1.95. The minimum absolute atomic E-state index is 0.190. The Balaban J connectivity index is 2.72. The lowest BCUT2D eigenvalue weighted by Gasteiger charge is -2.10. The summed E-state index contributed by atoms with van der Waals surface area (Å²) < 4.78 is 25.1. The van der Waals surface area contributed by atoms with E-state index in [4.69, 9.17) is 20.9 Å². The molecule has 0 bridgehead atoms. The Kier molecular flexibility index (Phi) is 6.28. The van der Waals surface area contributed by atoms with Crippen LogP contribution in [0.15, 0.2) is 23.1 Å². The second kappa shape index (κ2) is 6.96. The molecule has 0 amide bonds. The number of halogens is 3. The van der Waals surface area contributed by atoms with Gasteiger partial charge >= 0.3 is 0 Å². The van der Waals surface area contributed by atoms with Gasteiger partial charge in [0, 0.05) is 5.33 Å². The van der Waals surface area contributed by atoms with Crippen molar-refractivity contribution in [3.05, 3.63) is 23.2 Å². The van der Waals surface area contributed by atoms with Gasteiger partial charge in [-0.15, -0.1) is 0 Å². The molecule has 0 fully saturated rings. The molecule has 1 rings (SSSR count). The minimum Gasteiger partial charge on any atom is -0.491 e. The molecule has 0 aliphatic heterocycles. The summed E-state index contributed by atoms with van der Waals surface area (Å²) in [6.07, 6.45) is 0. The quantitative estimate of drug-likeness (QED) is 0.617. The molecule has 1 N–H and O–H groups in total. The maximum atomic E-state index is 10.8. The van der Waals surface area contributed by atoms with E-state index in [0.29, 0.717) is 17.4 Å². The molecule has 0 aliphatic rings. The van der Waals surface area contributed by atoms with E-state index in [1.54, 1.807) is 6.07 Å². The van der Waals surface area contributed by atoms with Crippen LogP contribution < -0.4 is 4.74 Å². The summed E-state index contributed by atoms with van der Waals surface area (Å²) in [4.78, 5) is 0.448. The first kappa shape index (κ1) is 14.4. The van der Waals surface area contributed by atoms with Gasteiger partial charge in [0.1, 0.15) is 12.4 Å². The van der Waals surface area contributed by atoms with Crippen LogP contribution in [0.3, 0.4) is 0 Å². The molecule has 0 saturated carbocycles. The third kappa shape index (κ3) is 4.33. The van der Waals surface area contributed by atoms with Gasteiger partial charge in [-0.25, -0.2) is 4.21 Å². The van der Waals surface area contributed by atoms with Crippen molar-refractivity contribution >= 4 is 54.5 Å². The predicted octanol–water partition coefficient (Wildman–Crippen LogP) is 3.46. The third-order valence-corrected chi connectivity index (χ3v) is 4.88. The Bertz CT molecular complexity index is 389. The van der Waals surface area contributed by atoms with E-state index in [1.165, 1.54) is 12.1 Å². The van der Waals surface area contributed by atoms with Crippen molar-refractivity contribution in [2.75, 3.05) is 11.9 Å². The zero-order valence-corrected chi connectivity index (χ0v) is 12.8. The zero-order valence-electron chi connectivity index (χ0n) is 8.03. The van der Waals surface area contributed by atoms with Gasteiger partial charge in [0.2, 0.25) is 0 Å². The second-order valence-electron chi connectivity index (χ2n) is 2.90. The molecule has 1 aromatic carbocycles. The van der Waals surface area contributed by atoms with E-state index >= 15 is 0 Å². The van der Waals surface area contributed by atoms with Crippen LogP contribution in [0.25, 0.3) is 0 Å². The van der Waals surface area contributed by atoms with E-state index in [2.05, 4.69) is 31.9 Å². The monoisotopic (exact) mass is 390 g/mol. The van der Waals surface area contributed by atoms with Crippen LogP contribution in [-0.2, 0) is 11.1 Å². The molecule has 90 valence electrons. The highest BCUT2D eigenvalue weighted by Crippen LogP contribution is 2.27. The molecule has 0 aliphatic carbocycles. The lowest BCUT2D eigenvalue weighted by molar-refractivity contribution is 0.325. The summed E-state index contributed by atoms with van der Waals surface area (Å²) in [6, 6.07) is 4.51. The second-order valence-corrected chi connectivity index (χ2v) is 6.22. The standard InChI is InChI=1S/C9H9Br2ClO3S/c10-4-6(11)5-15-9-2-1-7(16(13)14)3-8(9)12/h1-3,6H,4-5H2,(H,13,14). The smallest absolute Gasteiger partial charge is 0.186 e. The summed E-state index contributed by atoms with van der Waals surface area (Å²) >= 11 is 10.6. The average Bonchev–Trinajstić information content (AvgIpc) is 2.26. The average molecular weight is 392 g/mol. The van der Waals surface area contributed by atoms with Gasteiger partial charge in [-0.3, -0.25) is 0 Å². The van der Waals surface area contributed by atoms with Gasteiger partial charge in [0.25, 0.3) is 0 Å². The van der Waals surface area contributed by atoms with Crippen LogP contribution in [0.4, 0.5) is 0 Å². The minimum atomic E-state index is -2.02.